The Balaban J connectivity index is 2.17. The molecule has 2 aromatic rings. The van der Waals surface area contributed by atoms with E-state index in [9.17, 15) is 9.18 Å². The van der Waals surface area contributed by atoms with E-state index in [1.165, 1.54) is 23.9 Å². The molecule has 20 heavy (non-hydrogen) atoms. The highest BCUT2D eigenvalue weighted by Gasteiger charge is 2.09. The molecule has 0 saturated carbocycles. The van der Waals surface area contributed by atoms with Crippen molar-refractivity contribution in [2.24, 2.45) is 0 Å². The molecule has 0 spiro atoms. The fraction of sp³-hybridized carbons (Fsp3) is 0.188. The lowest BCUT2D eigenvalue weighted by atomic mass is 10.1. The minimum absolute atomic E-state index is 0.249. The highest BCUT2D eigenvalue weighted by Crippen LogP contribution is 2.26. The first kappa shape index (κ1) is 14.6. The third-order valence-corrected chi connectivity index (χ3v) is 4.19. The molecular weight excluding hydrogens is 275 g/mol. The van der Waals surface area contributed by atoms with Crippen molar-refractivity contribution >= 4 is 17.7 Å². The summed E-state index contributed by atoms with van der Waals surface area (Å²) in [7, 11) is 0. The van der Waals surface area contributed by atoms with Gasteiger partial charge in [0.15, 0.2) is 0 Å². The van der Waals surface area contributed by atoms with Crippen LogP contribution in [-0.2, 0) is 5.75 Å². The van der Waals surface area contributed by atoms with Gasteiger partial charge >= 0.3 is 5.97 Å². The number of carbonyl (C=O) groups is 1. The molecule has 2 rings (SSSR count). The third-order valence-electron chi connectivity index (χ3n) is 3.14. The molecule has 0 unspecified atom stereocenters. The second kappa shape index (κ2) is 6.09. The largest absolute Gasteiger partial charge is 0.478 e. The van der Waals surface area contributed by atoms with E-state index in [-0.39, 0.29) is 5.82 Å². The minimum Gasteiger partial charge on any atom is -0.478 e. The molecule has 2 aromatic carbocycles. The van der Waals surface area contributed by atoms with E-state index in [0.29, 0.717) is 11.3 Å². The van der Waals surface area contributed by atoms with Crippen LogP contribution in [0.3, 0.4) is 0 Å². The summed E-state index contributed by atoms with van der Waals surface area (Å²) >= 11 is 1.51. The first-order valence-electron chi connectivity index (χ1n) is 6.19. The standard InChI is InChI=1S/C16H15FO2S/c1-10-3-5-13(17)7-12(10)9-20-14-6-4-11(2)15(8-14)16(18)19/h3-8H,9H2,1-2H3,(H,18,19). The number of rotatable bonds is 4. The lowest BCUT2D eigenvalue weighted by Crippen LogP contribution is -1.99. The zero-order chi connectivity index (χ0) is 14.7. The number of hydrogen-bond donors (Lipinski definition) is 1. The highest BCUT2D eigenvalue weighted by molar-refractivity contribution is 7.98. The summed E-state index contributed by atoms with van der Waals surface area (Å²) in [5.41, 5.74) is 3.01. The van der Waals surface area contributed by atoms with Crippen molar-refractivity contribution in [3.8, 4) is 0 Å². The molecular formula is C16H15FO2S. The Hall–Kier alpha value is -1.81. The maximum absolute atomic E-state index is 13.2. The second-order valence-corrected chi connectivity index (χ2v) is 5.69. The molecule has 0 aliphatic rings. The van der Waals surface area contributed by atoms with E-state index in [0.717, 1.165) is 21.6 Å². The molecule has 0 atom stereocenters. The van der Waals surface area contributed by atoms with Gasteiger partial charge in [-0.15, -0.1) is 11.8 Å². The Morgan fingerprint density at radius 3 is 2.55 bits per heavy atom. The van der Waals surface area contributed by atoms with Crippen LogP contribution in [0.2, 0.25) is 0 Å². The van der Waals surface area contributed by atoms with Gasteiger partial charge in [-0.3, -0.25) is 0 Å². The predicted molar refractivity (Wildman–Crippen MR) is 78.8 cm³/mol. The predicted octanol–water partition coefficient (Wildman–Crippen LogP) is 4.43. The van der Waals surface area contributed by atoms with E-state index in [4.69, 9.17) is 5.11 Å². The fourth-order valence-electron chi connectivity index (χ4n) is 1.88. The summed E-state index contributed by atoms with van der Waals surface area (Å²) in [5.74, 6) is -0.556. The van der Waals surface area contributed by atoms with Gasteiger partial charge in [0.05, 0.1) is 5.56 Å². The van der Waals surface area contributed by atoms with Crippen molar-refractivity contribution in [1.82, 2.24) is 0 Å². The zero-order valence-corrected chi connectivity index (χ0v) is 12.1. The molecule has 0 saturated heterocycles. The molecule has 0 amide bonds. The maximum Gasteiger partial charge on any atom is 0.335 e. The molecule has 4 heteroatoms. The number of aromatic carboxylic acids is 1. The van der Waals surface area contributed by atoms with Crippen LogP contribution in [0.1, 0.15) is 27.0 Å². The van der Waals surface area contributed by atoms with Gasteiger partial charge in [-0.25, -0.2) is 9.18 Å². The normalized spacial score (nSPS) is 10.6. The van der Waals surface area contributed by atoms with Crippen LogP contribution in [0.4, 0.5) is 4.39 Å². The summed E-state index contributed by atoms with van der Waals surface area (Å²) in [6.45, 7) is 3.71. The van der Waals surface area contributed by atoms with Gasteiger partial charge < -0.3 is 5.11 Å². The smallest absolute Gasteiger partial charge is 0.335 e. The van der Waals surface area contributed by atoms with Gasteiger partial charge in [-0.2, -0.15) is 0 Å². The molecule has 1 N–H and O–H groups in total. The lowest BCUT2D eigenvalue weighted by Gasteiger charge is -2.08. The van der Waals surface area contributed by atoms with Crippen molar-refractivity contribution < 1.29 is 14.3 Å². The van der Waals surface area contributed by atoms with E-state index >= 15 is 0 Å². The summed E-state index contributed by atoms with van der Waals surface area (Å²) in [6.07, 6.45) is 0. The average Bonchev–Trinajstić information content (AvgIpc) is 2.41. The molecule has 0 heterocycles. The average molecular weight is 290 g/mol. The lowest BCUT2D eigenvalue weighted by molar-refractivity contribution is 0.0696. The highest BCUT2D eigenvalue weighted by atomic mass is 32.2. The number of aryl methyl sites for hydroxylation is 2. The molecule has 104 valence electrons. The van der Waals surface area contributed by atoms with Crippen molar-refractivity contribution in [3.05, 3.63) is 64.5 Å². The van der Waals surface area contributed by atoms with E-state index in [2.05, 4.69) is 0 Å². The van der Waals surface area contributed by atoms with Crippen LogP contribution in [0.25, 0.3) is 0 Å². The molecule has 0 radical (unpaired) electrons. The van der Waals surface area contributed by atoms with Crippen LogP contribution in [-0.4, -0.2) is 11.1 Å². The SMILES string of the molecule is Cc1ccc(F)cc1CSc1ccc(C)c(C(=O)O)c1. The van der Waals surface area contributed by atoms with Crippen molar-refractivity contribution in [1.29, 1.82) is 0 Å². The number of carboxylic acids is 1. The Labute approximate surface area is 121 Å². The molecule has 0 aromatic heterocycles. The van der Waals surface area contributed by atoms with Crippen LogP contribution >= 0.6 is 11.8 Å². The van der Waals surface area contributed by atoms with Gasteiger partial charge in [0, 0.05) is 10.6 Å². The quantitative estimate of drug-likeness (QED) is 0.846. The number of benzene rings is 2. The molecule has 0 bridgehead atoms. The van der Waals surface area contributed by atoms with Gasteiger partial charge in [0.25, 0.3) is 0 Å². The monoisotopic (exact) mass is 290 g/mol. The summed E-state index contributed by atoms with van der Waals surface area (Å²) in [6, 6.07) is 10.1. The molecule has 0 aliphatic heterocycles. The zero-order valence-electron chi connectivity index (χ0n) is 11.3. The molecule has 2 nitrogen and oxygen atoms in total. The topological polar surface area (TPSA) is 37.3 Å². The van der Waals surface area contributed by atoms with Crippen LogP contribution in [0, 0.1) is 19.7 Å². The van der Waals surface area contributed by atoms with Gasteiger partial charge in [0.2, 0.25) is 0 Å². The fourth-order valence-corrected chi connectivity index (χ4v) is 2.88. The van der Waals surface area contributed by atoms with Gasteiger partial charge in [-0.05, 0) is 54.8 Å². The Bertz CT molecular complexity index is 653. The third kappa shape index (κ3) is 3.39. The molecule has 0 aliphatic carbocycles. The summed E-state index contributed by atoms with van der Waals surface area (Å²) in [4.78, 5) is 12.0. The van der Waals surface area contributed by atoms with Crippen LogP contribution < -0.4 is 0 Å². The second-order valence-electron chi connectivity index (χ2n) is 4.64. The maximum atomic E-state index is 13.2. The Morgan fingerprint density at radius 2 is 1.85 bits per heavy atom. The van der Waals surface area contributed by atoms with Crippen molar-refractivity contribution in [2.75, 3.05) is 0 Å². The van der Waals surface area contributed by atoms with Gasteiger partial charge in [-0.1, -0.05) is 12.1 Å². The first-order chi connectivity index (χ1) is 9.47. The number of thioether (sulfide) groups is 1. The Kier molecular flexibility index (Phi) is 4.45. The van der Waals surface area contributed by atoms with Crippen LogP contribution in [0.15, 0.2) is 41.3 Å². The van der Waals surface area contributed by atoms with Crippen LogP contribution in [0.5, 0.6) is 0 Å². The van der Waals surface area contributed by atoms with E-state index < -0.39 is 5.97 Å². The number of hydrogen-bond acceptors (Lipinski definition) is 2. The van der Waals surface area contributed by atoms with Gasteiger partial charge in [0.1, 0.15) is 5.82 Å². The Morgan fingerprint density at radius 1 is 1.15 bits per heavy atom. The number of halogens is 1. The summed E-state index contributed by atoms with van der Waals surface area (Å²) in [5, 5.41) is 9.10. The number of carboxylic acid groups (broad SMARTS) is 1. The minimum atomic E-state index is -0.924. The van der Waals surface area contributed by atoms with Crippen molar-refractivity contribution in [3.63, 3.8) is 0 Å². The van der Waals surface area contributed by atoms with Crippen molar-refractivity contribution in [2.45, 2.75) is 24.5 Å². The molecule has 0 fully saturated rings. The van der Waals surface area contributed by atoms with E-state index in [1.54, 1.807) is 25.1 Å². The summed E-state index contributed by atoms with van der Waals surface area (Å²) < 4.78 is 13.2. The van der Waals surface area contributed by atoms with E-state index in [1.807, 2.05) is 13.0 Å². The first-order valence-corrected chi connectivity index (χ1v) is 7.17.